The van der Waals surface area contributed by atoms with Crippen LogP contribution in [0.25, 0.3) is 10.8 Å². The Balaban J connectivity index is 1.72. The molecular formula is C22H19NO. The van der Waals surface area contributed by atoms with Crippen molar-refractivity contribution in [3.8, 4) is 0 Å². The van der Waals surface area contributed by atoms with Crippen LogP contribution in [-0.2, 0) is 6.42 Å². The summed E-state index contributed by atoms with van der Waals surface area (Å²) >= 11 is 0. The summed E-state index contributed by atoms with van der Waals surface area (Å²) in [6.07, 6.45) is 1.71. The minimum absolute atomic E-state index is 0.155. The van der Waals surface area contributed by atoms with Crippen LogP contribution >= 0.6 is 0 Å². The Bertz CT molecular complexity index is 963. The maximum Gasteiger partial charge on any atom is 0.191 e. The van der Waals surface area contributed by atoms with Crippen LogP contribution in [0.1, 0.15) is 29.3 Å². The third kappa shape index (κ3) is 2.50. The SMILES string of the molecule is C/C(Nc1cccc2ccccc12)=C1/CCc2ccccc2C1=O. The molecule has 1 aliphatic carbocycles. The molecule has 4 rings (SSSR count). The number of Topliss-reactive ketones (excluding diaryl/α,β-unsaturated/α-hetero) is 1. The first-order chi connectivity index (χ1) is 11.7. The zero-order chi connectivity index (χ0) is 16.5. The number of carbonyl (C=O) groups is 1. The fourth-order valence-corrected chi connectivity index (χ4v) is 3.47. The number of nitrogens with one attached hydrogen (secondary N) is 1. The van der Waals surface area contributed by atoms with Crippen LogP contribution in [-0.4, -0.2) is 5.78 Å². The largest absolute Gasteiger partial charge is 0.358 e. The second-order valence-electron chi connectivity index (χ2n) is 6.24. The van der Waals surface area contributed by atoms with Crippen molar-refractivity contribution >= 4 is 22.2 Å². The molecule has 0 unspecified atom stereocenters. The molecule has 2 heteroatoms. The summed E-state index contributed by atoms with van der Waals surface area (Å²) in [6.45, 7) is 2.00. The summed E-state index contributed by atoms with van der Waals surface area (Å²) < 4.78 is 0. The Morgan fingerprint density at radius 1 is 0.875 bits per heavy atom. The van der Waals surface area contributed by atoms with E-state index in [0.717, 1.165) is 40.9 Å². The van der Waals surface area contributed by atoms with Gasteiger partial charge in [0.2, 0.25) is 0 Å². The van der Waals surface area contributed by atoms with E-state index in [9.17, 15) is 4.79 Å². The van der Waals surface area contributed by atoms with Crippen molar-refractivity contribution < 1.29 is 4.79 Å². The van der Waals surface area contributed by atoms with Crippen molar-refractivity contribution in [3.63, 3.8) is 0 Å². The fraction of sp³-hybridized carbons (Fsp3) is 0.136. The minimum Gasteiger partial charge on any atom is -0.358 e. The average Bonchev–Trinajstić information content (AvgIpc) is 2.62. The molecule has 1 N–H and O–H groups in total. The molecule has 3 aromatic carbocycles. The van der Waals surface area contributed by atoms with Gasteiger partial charge in [-0.25, -0.2) is 0 Å². The number of hydrogen-bond acceptors (Lipinski definition) is 2. The monoisotopic (exact) mass is 313 g/mol. The molecule has 2 nitrogen and oxygen atoms in total. The van der Waals surface area contributed by atoms with Crippen LogP contribution < -0.4 is 5.32 Å². The van der Waals surface area contributed by atoms with E-state index in [0.29, 0.717) is 0 Å². The molecule has 0 radical (unpaired) electrons. The van der Waals surface area contributed by atoms with Crippen molar-refractivity contribution in [2.75, 3.05) is 5.32 Å². The fourth-order valence-electron chi connectivity index (χ4n) is 3.47. The number of ketones is 1. The van der Waals surface area contributed by atoms with Gasteiger partial charge in [0.15, 0.2) is 5.78 Å². The van der Waals surface area contributed by atoms with Crippen LogP contribution in [0.2, 0.25) is 0 Å². The Labute approximate surface area is 141 Å². The van der Waals surface area contributed by atoms with Crippen molar-refractivity contribution in [3.05, 3.63) is 89.1 Å². The molecule has 0 amide bonds. The van der Waals surface area contributed by atoms with Crippen LogP contribution in [0.4, 0.5) is 5.69 Å². The van der Waals surface area contributed by atoms with Gasteiger partial charge in [-0.15, -0.1) is 0 Å². The van der Waals surface area contributed by atoms with Crippen LogP contribution in [0.15, 0.2) is 78.0 Å². The van der Waals surface area contributed by atoms with E-state index in [4.69, 9.17) is 0 Å². The van der Waals surface area contributed by atoms with E-state index in [1.54, 1.807) is 0 Å². The lowest BCUT2D eigenvalue weighted by molar-refractivity contribution is 0.102. The van der Waals surface area contributed by atoms with Crippen molar-refractivity contribution in [1.82, 2.24) is 0 Å². The molecule has 0 heterocycles. The molecule has 0 bridgehead atoms. The Hall–Kier alpha value is -2.87. The van der Waals surface area contributed by atoms with Gasteiger partial charge in [-0.05, 0) is 36.8 Å². The topological polar surface area (TPSA) is 29.1 Å². The molecule has 0 spiro atoms. The zero-order valence-corrected chi connectivity index (χ0v) is 13.7. The lowest BCUT2D eigenvalue weighted by Gasteiger charge is -2.20. The van der Waals surface area contributed by atoms with Gasteiger partial charge >= 0.3 is 0 Å². The molecule has 3 aromatic rings. The highest BCUT2D eigenvalue weighted by Gasteiger charge is 2.23. The number of rotatable bonds is 2. The van der Waals surface area contributed by atoms with Gasteiger partial charge in [0.25, 0.3) is 0 Å². The summed E-state index contributed by atoms with van der Waals surface area (Å²) in [5.74, 6) is 0.155. The summed E-state index contributed by atoms with van der Waals surface area (Å²) in [5.41, 5.74) is 4.89. The predicted molar refractivity (Wildman–Crippen MR) is 99.4 cm³/mol. The molecule has 0 aliphatic heterocycles. The molecule has 0 aromatic heterocycles. The van der Waals surface area contributed by atoms with Gasteiger partial charge in [-0.2, -0.15) is 0 Å². The standard InChI is InChI=1S/C22H19NO/c1-15(18-14-13-17-8-3-5-11-20(17)22(18)24)23-21-12-6-9-16-7-2-4-10-19(16)21/h2-12,23H,13-14H2,1H3/b18-15+. The van der Waals surface area contributed by atoms with E-state index in [1.165, 1.54) is 10.8 Å². The third-order valence-corrected chi connectivity index (χ3v) is 4.74. The highest BCUT2D eigenvalue weighted by Crippen LogP contribution is 2.29. The first-order valence-corrected chi connectivity index (χ1v) is 8.31. The minimum atomic E-state index is 0.155. The van der Waals surface area contributed by atoms with Crippen molar-refractivity contribution in [2.24, 2.45) is 0 Å². The smallest absolute Gasteiger partial charge is 0.191 e. The highest BCUT2D eigenvalue weighted by atomic mass is 16.1. The quantitative estimate of drug-likeness (QED) is 0.646. The van der Waals surface area contributed by atoms with Gasteiger partial charge in [0, 0.05) is 27.9 Å². The van der Waals surface area contributed by atoms with Crippen LogP contribution in [0.5, 0.6) is 0 Å². The van der Waals surface area contributed by atoms with Gasteiger partial charge in [-0.3, -0.25) is 4.79 Å². The number of allylic oxidation sites excluding steroid dienone is 2. The highest BCUT2D eigenvalue weighted by molar-refractivity contribution is 6.11. The van der Waals surface area contributed by atoms with Crippen molar-refractivity contribution in [2.45, 2.75) is 19.8 Å². The molecule has 0 fully saturated rings. The number of benzene rings is 3. The number of hydrogen-bond donors (Lipinski definition) is 1. The van der Waals surface area contributed by atoms with Crippen LogP contribution in [0.3, 0.4) is 0 Å². The summed E-state index contributed by atoms with van der Waals surface area (Å²) in [5, 5.41) is 5.84. The second kappa shape index (κ2) is 5.97. The molecule has 24 heavy (non-hydrogen) atoms. The third-order valence-electron chi connectivity index (χ3n) is 4.74. The molecule has 1 aliphatic rings. The molecule has 118 valence electrons. The van der Waals surface area contributed by atoms with Gasteiger partial charge in [0.05, 0.1) is 0 Å². The Morgan fingerprint density at radius 3 is 2.54 bits per heavy atom. The number of aryl methyl sites for hydroxylation is 1. The van der Waals surface area contributed by atoms with Crippen molar-refractivity contribution in [1.29, 1.82) is 0 Å². The summed E-state index contributed by atoms with van der Waals surface area (Å²) in [7, 11) is 0. The molecule has 0 atom stereocenters. The lowest BCUT2D eigenvalue weighted by Crippen LogP contribution is -2.17. The maximum atomic E-state index is 12.8. The first kappa shape index (κ1) is 14.7. The second-order valence-corrected chi connectivity index (χ2v) is 6.24. The summed E-state index contributed by atoms with van der Waals surface area (Å²) in [6, 6.07) is 22.4. The molecule has 0 saturated heterocycles. The van der Waals surface area contributed by atoms with Gasteiger partial charge < -0.3 is 5.32 Å². The maximum absolute atomic E-state index is 12.8. The number of carbonyl (C=O) groups excluding carboxylic acids is 1. The van der Waals surface area contributed by atoms with Gasteiger partial charge in [-0.1, -0.05) is 60.7 Å². The van der Waals surface area contributed by atoms with E-state index in [2.05, 4.69) is 35.6 Å². The van der Waals surface area contributed by atoms with E-state index in [1.807, 2.05) is 43.3 Å². The van der Waals surface area contributed by atoms with E-state index in [-0.39, 0.29) is 5.78 Å². The Morgan fingerprint density at radius 2 is 1.62 bits per heavy atom. The molecular weight excluding hydrogens is 294 g/mol. The zero-order valence-electron chi connectivity index (χ0n) is 13.7. The average molecular weight is 313 g/mol. The summed E-state index contributed by atoms with van der Waals surface area (Å²) in [4.78, 5) is 12.8. The van der Waals surface area contributed by atoms with Gasteiger partial charge in [0.1, 0.15) is 0 Å². The first-order valence-electron chi connectivity index (χ1n) is 8.31. The lowest BCUT2D eigenvalue weighted by atomic mass is 9.86. The number of fused-ring (bicyclic) bond motifs is 2. The van der Waals surface area contributed by atoms with E-state index >= 15 is 0 Å². The predicted octanol–water partition coefficient (Wildman–Crippen LogP) is 5.35. The number of anilines is 1. The van der Waals surface area contributed by atoms with E-state index < -0.39 is 0 Å². The normalized spacial score (nSPS) is 16.0. The molecule has 0 saturated carbocycles. The Kier molecular flexibility index (Phi) is 3.66. The van der Waals surface area contributed by atoms with Crippen LogP contribution in [0, 0.1) is 0 Å².